The number of halogens is 2. The summed E-state index contributed by atoms with van der Waals surface area (Å²) in [4.78, 5) is 23.6. The van der Waals surface area contributed by atoms with E-state index >= 15 is 0 Å². The van der Waals surface area contributed by atoms with Crippen molar-refractivity contribution < 1.29 is 23.5 Å². The molecule has 0 aliphatic rings. The van der Waals surface area contributed by atoms with E-state index in [0.717, 1.165) is 11.6 Å². The molecule has 0 unspecified atom stereocenters. The van der Waals surface area contributed by atoms with Crippen LogP contribution in [0.5, 0.6) is 5.75 Å². The summed E-state index contributed by atoms with van der Waals surface area (Å²) in [6.45, 7) is 1.33. The Balaban J connectivity index is 1.92. The van der Waals surface area contributed by atoms with Gasteiger partial charge in [0.25, 0.3) is 5.91 Å². The van der Waals surface area contributed by atoms with Gasteiger partial charge in [-0.25, -0.2) is 9.18 Å². The molecule has 5 nitrogen and oxygen atoms in total. The molecular weight excluding hydrogens is 337 g/mol. The van der Waals surface area contributed by atoms with Crippen LogP contribution in [0.25, 0.3) is 0 Å². The highest BCUT2D eigenvalue weighted by Gasteiger charge is 2.13. The zero-order valence-electron chi connectivity index (χ0n) is 13.1. The number of methoxy groups -OCH3 is 1. The maximum atomic E-state index is 13.5. The summed E-state index contributed by atoms with van der Waals surface area (Å²) in [7, 11) is 1.32. The van der Waals surface area contributed by atoms with E-state index in [9.17, 15) is 14.0 Å². The molecule has 0 bridgehead atoms. The quantitative estimate of drug-likeness (QED) is 0.836. The highest BCUT2D eigenvalue weighted by molar-refractivity contribution is 6.31. The third-order valence-electron chi connectivity index (χ3n) is 3.18. The number of nitrogens with one attached hydrogen (secondary N) is 1. The van der Waals surface area contributed by atoms with Crippen LogP contribution in [-0.2, 0) is 9.53 Å². The van der Waals surface area contributed by atoms with Gasteiger partial charge < -0.3 is 14.8 Å². The standard InChI is InChI=1S/C17H15ClFNO4/c1-10-3-5-12(8-13(10)18)20-16(21)9-24-17(22)11-4-6-15(23-2)14(19)7-11/h3-8H,9H2,1-2H3,(H,20,21). The van der Waals surface area contributed by atoms with Crippen molar-refractivity contribution in [2.75, 3.05) is 19.0 Å². The van der Waals surface area contributed by atoms with Crippen LogP contribution in [-0.4, -0.2) is 25.6 Å². The molecule has 0 aliphatic carbocycles. The minimum atomic E-state index is -0.811. The van der Waals surface area contributed by atoms with Crippen molar-refractivity contribution in [1.29, 1.82) is 0 Å². The Kier molecular flexibility index (Phi) is 5.76. The predicted octanol–water partition coefficient (Wildman–Crippen LogP) is 3.59. The first-order valence-corrected chi connectivity index (χ1v) is 7.35. The molecule has 0 fully saturated rings. The van der Waals surface area contributed by atoms with Crippen molar-refractivity contribution in [3.8, 4) is 5.75 Å². The molecule has 2 rings (SSSR count). The van der Waals surface area contributed by atoms with Crippen LogP contribution in [0.1, 0.15) is 15.9 Å². The maximum absolute atomic E-state index is 13.5. The van der Waals surface area contributed by atoms with Gasteiger partial charge in [0.2, 0.25) is 0 Å². The van der Waals surface area contributed by atoms with Crippen molar-refractivity contribution in [3.63, 3.8) is 0 Å². The fourth-order valence-electron chi connectivity index (χ4n) is 1.88. The minimum Gasteiger partial charge on any atom is -0.494 e. The van der Waals surface area contributed by atoms with Crippen LogP contribution in [0.2, 0.25) is 5.02 Å². The Morgan fingerprint density at radius 1 is 1.21 bits per heavy atom. The lowest BCUT2D eigenvalue weighted by atomic mass is 10.2. The summed E-state index contributed by atoms with van der Waals surface area (Å²) in [5, 5.41) is 3.06. The van der Waals surface area contributed by atoms with Crippen molar-refractivity contribution >= 4 is 29.2 Å². The first kappa shape index (κ1) is 17.7. The van der Waals surface area contributed by atoms with Crippen LogP contribution in [0.4, 0.5) is 10.1 Å². The van der Waals surface area contributed by atoms with Crippen LogP contribution < -0.4 is 10.1 Å². The molecule has 0 saturated heterocycles. The molecule has 1 amide bonds. The number of aryl methyl sites for hydroxylation is 1. The van der Waals surface area contributed by atoms with Gasteiger partial charge in [0.1, 0.15) is 0 Å². The normalized spacial score (nSPS) is 10.2. The SMILES string of the molecule is COc1ccc(C(=O)OCC(=O)Nc2ccc(C)c(Cl)c2)cc1F. The molecule has 1 N–H and O–H groups in total. The number of benzene rings is 2. The van der Waals surface area contributed by atoms with Crippen LogP contribution in [0.3, 0.4) is 0 Å². The molecule has 2 aromatic carbocycles. The van der Waals surface area contributed by atoms with Crippen molar-refractivity contribution in [2.24, 2.45) is 0 Å². The van der Waals surface area contributed by atoms with E-state index in [4.69, 9.17) is 21.1 Å². The predicted molar refractivity (Wildman–Crippen MR) is 88.1 cm³/mol. The van der Waals surface area contributed by atoms with Gasteiger partial charge in [0.05, 0.1) is 12.7 Å². The second-order valence-corrected chi connectivity index (χ2v) is 5.34. The molecule has 0 aliphatic heterocycles. The topological polar surface area (TPSA) is 64.6 Å². The van der Waals surface area contributed by atoms with Crippen LogP contribution >= 0.6 is 11.6 Å². The molecule has 0 atom stereocenters. The second kappa shape index (κ2) is 7.79. The third kappa shape index (κ3) is 4.45. The van der Waals surface area contributed by atoms with Gasteiger partial charge in [-0.2, -0.15) is 0 Å². The molecule has 0 radical (unpaired) electrons. The molecule has 0 saturated carbocycles. The van der Waals surface area contributed by atoms with Gasteiger partial charge >= 0.3 is 5.97 Å². The van der Waals surface area contributed by atoms with Gasteiger partial charge in [-0.3, -0.25) is 4.79 Å². The first-order valence-electron chi connectivity index (χ1n) is 6.97. The van der Waals surface area contributed by atoms with Crippen molar-refractivity contribution in [3.05, 3.63) is 58.4 Å². The summed E-state index contributed by atoms with van der Waals surface area (Å²) >= 11 is 5.96. The van der Waals surface area contributed by atoms with E-state index in [0.29, 0.717) is 10.7 Å². The Bertz CT molecular complexity index is 779. The Labute approximate surface area is 143 Å². The molecule has 0 spiro atoms. The lowest BCUT2D eigenvalue weighted by Gasteiger charge is -2.08. The number of esters is 1. The zero-order chi connectivity index (χ0) is 17.7. The number of amides is 1. The summed E-state index contributed by atoms with van der Waals surface area (Å²) in [5.74, 6) is -2.02. The van der Waals surface area contributed by atoms with E-state index < -0.39 is 24.3 Å². The summed E-state index contributed by atoms with van der Waals surface area (Å²) in [6, 6.07) is 8.67. The number of ether oxygens (including phenoxy) is 2. The van der Waals surface area contributed by atoms with Gasteiger partial charge in [-0.1, -0.05) is 17.7 Å². The second-order valence-electron chi connectivity index (χ2n) is 4.94. The Hall–Kier alpha value is -2.60. The van der Waals surface area contributed by atoms with Crippen molar-refractivity contribution in [2.45, 2.75) is 6.92 Å². The average molecular weight is 352 g/mol. The maximum Gasteiger partial charge on any atom is 0.338 e. The molecule has 126 valence electrons. The number of hydrogen-bond donors (Lipinski definition) is 1. The minimum absolute atomic E-state index is 0.0144. The average Bonchev–Trinajstić information content (AvgIpc) is 2.56. The summed E-state index contributed by atoms with van der Waals surface area (Å²) in [5.41, 5.74) is 1.35. The first-order chi connectivity index (χ1) is 11.4. The highest BCUT2D eigenvalue weighted by Crippen LogP contribution is 2.20. The van der Waals surface area contributed by atoms with Gasteiger partial charge in [-0.15, -0.1) is 0 Å². The lowest BCUT2D eigenvalue weighted by molar-refractivity contribution is -0.119. The summed E-state index contributed by atoms with van der Waals surface area (Å²) < 4.78 is 23.2. The number of carbonyl (C=O) groups is 2. The third-order valence-corrected chi connectivity index (χ3v) is 3.58. The number of carbonyl (C=O) groups excluding carboxylic acids is 2. The van der Waals surface area contributed by atoms with Gasteiger partial charge in [0, 0.05) is 10.7 Å². The van der Waals surface area contributed by atoms with Gasteiger partial charge in [-0.05, 0) is 42.8 Å². The lowest BCUT2D eigenvalue weighted by Crippen LogP contribution is -2.21. The molecule has 0 aromatic heterocycles. The van der Waals surface area contributed by atoms with E-state index in [1.54, 1.807) is 18.2 Å². The largest absolute Gasteiger partial charge is 0.494 e. The van der Waals surface area contributed by atoms with E-state index in [1.165, 1.54) is 19.2 Å². The van der Waals surface area contributed by atoms with E-state index in [-0.39, 0.29) is 11.3 Å². The molecule has 0 heterocycles. The highest BCUT2D eigenvalue weighted by atomic mass is 35.5. The smallest absolute Gasteiger partial charge is 0.338 e. The van der Waals surface area contributed by atoms with Gasteiger partial charge in [0.15, 0.2) is 18.2 Å². The van der Waals surface area contributed by atoms with Crippen LogP contribution in [0.15, 0.2) is 36.4 Å². The van der Waals surface area contributed by atoms with Crippen molar-refractivity contribution in [1.82, 2.24) is 0 Å². The number of rotatable bonds is 5. The van der Waals surface area contributed by atoms with E-state index in [2.05, 4.69) is 5.32 Å². The number of hydrogen-bond acceptors (Lipinski definition) is 4. The number of anilines is 1. The summed E-state index contributed by atoms with van der Waals surface area (Å²) in [6.07, 6.45) is 0. The molecule has 2 aromatic rings. The Morgan fingerprint density at radius 2 is 1.96 bits per heavy atom. The zero-order valence-corrected chi connectivity index (χ0v) is 13.8. The molecular formula is C17H15ClFNO4. The fourth-order valence-corrected chi connectivity index (χ4v) is 2.06. The van der Waals surface area contributed by atoms with E-state index in [1.807, 2.05) is 6.92 Å². The monoisotopic (exact) mass is 351 g/mol. The van der Waals surface area contributed by atoms with Crippen LogP contribution in [0, 0.1) is 12.7 Å². The molecule has 24 heavy (non-hydrogen) atoms. The Morgan fingerprint density at radius 3 is 2.58 bits per heavy atom. The molecule has 7 heteroatoms. The fraction of sp³-hybridized carbons (Fsp3) is 0.176.